The molecule has 112 valence electrons. The second-order valence-electron chi connectivity index (χ2n) is 4.23. The molecule has 9 heteroatoms. The molecule has 0 spiro atoms. The number of aromatic nitrogens is 1. The van der Waals surface area contributed by atoms with E-state index >= 15 is 0 Å². The van der Waals surface area contributed by atoms with Crippen molar-refractivity contribution in [2.24, 2.45) is 0 Å². The molecule has 2 aromatic rings. The molecule has 0 bridgehead atoms. The van der Waals surface area contributed by atoms with Gasteiger partial charge in [0.2, 0.25) is 0 Å². The Labute approximate surface area is 134 Å². The molecule has 3 N–H and O–H groups in total. The number of nitrogens with two attached hydrogens (primary N) is 1. The Balaban J connectivity index is 2.43. The Morgan fingerprint density at radius 1 is 1.38 bits per heavy atom. The quantitative estimate of drug-likeness (QED) is 0.782. The molecule has 0 aliphatic rings. The monoisotopic (exact) mass is 393 g/mol. The molecule has 0 saturated carbocycles. The highest BCUT2D eigenvalue weighted by Crippen LogP contribution is 2.28. The topological polar surface area (TPSA) is 85.1 Å². The van der Waals surface area contributed by atoms with Crippen molar-refractivity contribution in [1.29, 1.82) is 0 Å². The van der Waals surface area contributed by atoms with Gasteiger partial charge in [-0.1, -0.05) is 11.6 Å². The fraction of sp³-hybridized carbons (Fsp3) is 0.0833. The number of pyridine rings is 1. The zero-order chi connectivity index (χ0) is 15.8. The number of nitrogens with zero attached hydrogens (tertiary/aromatic N) is 1. The molecule has 2 rings (SSSR count). The number of hydrogen-bond donors (Lipinski definition) is 2. The van der Waals surface area contributed by atoms with Crippen LogP contribution in [0.15, 0.2) is 33.8 Å². The van der Waals surface area contributed by atoms with Gasteiger partial charge in [0.05, 0.1) is 10.7 Å². The minimum Gasteiger partial charge on any atom is -0.396 e. The predicted octanol–water partition coefficient (Wildman–Crippen LogP) is 3.33. The number of anilines is 2. The zero-order valence-electron chi connectivity index (χ0n) is 10.7. The van der Waals surface area contributed by atoms with E-state index in [4.69, 9.17) is 17.3 Å². The molecule has 0 saturated heterocycles. The number of nitrogens with one attached hydrogen (secondary N) is 1. The molecular formula is C12H10BrClFN3O2S. The Kier molecular flexibility index (Phi) is 4.40. The summed E-state index contributed by atoms with van der Waals surface area (Å²) in [6.07, 6.45) is 1.47. The summed E-state index contributed by atoms with van der Waals surface area (Å²) in [7, 11) is -4.02. The highest BCUT2D eigenvalue weighted by molar-refractivity contribution is 9.10. The van der Waals surface area contributed by atoms with E-state index in [0.29, 0.717) is 0 Å². The number of halogens is 3. The summed E-state index contributed by atoms with van der Waals surface area (Å²) in [4.78, 5) is 3.62. The van der Waals surface area contributed by atoms with E-state index in [1.807, 2.05) is 0 Å². The Morgan fingerprint density at radius 2 is 2.05 bits per heavy atom. The van der Waals surface area contributed by atoms with Crippen molar-refractivity contribution < 1.29 is 12.8 Å². The van der Waals surface area contributed by atoms with Crippen LogP contribution in [-0.4, -0.2) is 13.4 Å². The SMILES string of the molecule is Cc1cc(NS(=O)(=O)c2cc(N)c(F)cc2Cl)ncc1Br. The summed E-state index contributed by atoms with van der Waals surface area (Å²) < 4.78 is 40.8. The molecule has 1 aromatic carbocycles. The van der Waals surface area contributed by atoms with Crippen molar-refractivity contribution in [3.63, 3.8) is 0 Å². The van der Waals surface area contributed by atoms with Crippen molar-refractivity contribution in [1.82, 2.24) is 4.98 Å². The lowest BCUT2D eigenvalue weighted by Gasteiger charge is -2.10. The van der Waals surface area contributed by atoms with Gasteiger partial charge >= 0.3 is 0 Å². The predicted molar refractivity (Wildman–Crippen MR) is 83.3 cm³/mol. The van der Waals surface area contributed by atoms with E-state index in [9.17, 15) is 12.8 Å². The summed E-state index contributed by atoms with van der Waals surface area (Å²) >= 11 is 9.03. The van der Waals surface area contributed by atoms with Crippen LogP contribution in [-0.2, 0) is 10.0 Å². The molecule has 21 heavy (non-hydrogen) atoms. The Bertz CT molecular complexity index is 814. The van der Waals surface area contributed by atoms with Crippen molar-refractivity contribution in [3.8, 4) is 0 Å². The molecule has 0 radical (unpaired) electrons. The van der Waals surface area contributed by atoms with Crippen LogP contribution >= 0.6 is 27.5 Å². The summed E-state index contributed by atoms with van der Waals surface area (Å²) in [5.74, 6) is -0.661. The first-order chi connectivity index (χ1) is 9.70. The number of aryl methyl sites for hydroxylation is 1. The summed E-state index contributed by atoms with van der Waals surface area (Å²) in [6, 6.07) is 3.36. The van der Waals surface area contributed by atoms with Gasteiger partial charge in [-0.25, -0.2) is 17.8 Å². The molecular weight excluding hydrogens is 385 g/mol. The standard InChI is InChI=1S/C12H10BrClFN3O2S/c1-6-2-12(17-5-7(6)13)18-21(19,20)11-4-10(16)9(15)3-8(11)14/h2-5H,16H2,1H3,(H,17,18). The lowest BCUT2D eigenvalue weighted by molar-refractivity contribution is 0.600. The second kappa shape index (κ2) is 5.78. The van der Waals surface area contributed by atoms with Gasteiger partial charge < -0.3 is 5.73 Å². The van der Waals surface area contributed by atoms with Gasteiger partial charge in [0.1, 0.15) is 16.5 Å². The molecule has 0 fully saturated rings. The lowest BCUT2D eigenvalue weighted by Crippen LogP contribution is -2.15. The second-order valence-corrected chi connectivity index (χ2v) is 7.14. The fourth-order valence-electron chi connectivity index (χ4n) is 1.54. The van der Waals surface area contributed by atoms with Crippen molar-refractivity contribution in [2.45, 2.75) is 11.8 Å². The van der Waals surface area contributed by atoms with E-state index < -0.39 is 15.8 Å². The summed E-state index contributed by atoms with van der Waals surface area (Å²) in [5, 5.41) is -0.261. The Hall–Kier alpha value is -1.38. The zero-order valence-corrected chi connectivity index (χ0v) is 13.9. The normalized spacial score (nSPS) is 11.4. The molecule has 0 atom stereocenters. The van der Waals surface area contributed by atoms with Crippen LogP contribution in [0.25, 0.3) is 0 Å². The summed E-state index contributed by atoms with van der Waals surface area (Å²) in [6.45, 7) is 1.78. The van der Waals surface area contributed by atoms with Crippen LogP contribution in [0.3, 0.4) is 0 Å². The van der Waals surface area contributed by atoms with Gasteiger partial charge in [-0.2, -0.15) is 0 Å². The van der Waals surface area contributed by atoms with Crippen LogP contribution < -0.4 is 10.5 Å². The molecule has 1 aromatic heterocycles. The van der Waals surface area contributed by atoms with Crippen LogP contribution in [0.1, 0.15) is 5.56 Å². The number of benzene rings is 1. The number of nitrogen functional groups attached to an aromatic ring is 1. The molecule has 0 unspecified atom stereocenters. The lowest BCUT2D eigenvalue weighted by atomic mass is 10.3. The molecule has 0 aliphatic heterocycles. The van der Waals surface area contributed by atoms with Crippen LogP contribution in [0, 0.1) is 12.7 Å². The molecule has 1 heterocycles. The number of hydrogen-bond acceptors (Lipinski definition) is 4. The Morgan fingerprint density at radius 3 is 2.67 bits per heavy atom. The van der Waals surface area contributed by atoms with Gasteiger partial charge in [0, 0.05) is 10.7 Å². The van der Waals surface area contributed by atoms with E-state index in [-0.39, 0.29) is 21.4 Å². The van der Waals surface area contributed by atoms with Crippen molar-refractivity contribution in [2.75, 3.05) is 10.5 Å². The maximum Gasteiger partial charge on any atom is 0.264 e. The highest BCUT2D eigenvalue weighted by atomic mass is 79.9. The third kappa shape index (κ3) is 3.45. The number of sulfonamides is 1. The summed E-state index contributed by atoms with van der Waals surface area (Å²) in [5.41, 5.74) is 5.87. The first-order valence-electron chi connectivity index (χ1n) is 5.60. The molecule has 0 aliphatic carbocycles. The van der Waals surface area contributed by atoms with E-state index in [2.05, 4.69) is 25.6 Å². The van der Waals surface area contributed by atoms with Gasteiger partial charge in [-0.05, 0) is 46.6 Å². The van der Waals surface area contributed by atoms with Crippen molar-refractivity contribution >= 4 is 49.1 Å². The average molecular weight is 395 g/mol. The van der Waals surface area contributed by atoms with E-state index in [1.165, 1.54) is 6.20 Å². The third-order valence-electron chi connectivity index (χ3n) is 2.63. The first kappa shape index (κ1) is 16.0. The number of rotatable bonds is 3. The van der Waals surface area contributed by atoms with Gasteiger partial charge in [-0.15, -0.1) is 0 Å². The largest absolute Gasteiger partial charge is 0.396 e. The fourth-order valence-corrected chi connectivity index (χ4v) is 3.31. The van der Waals surface area contributed by atoms with Crippen molar-refractivity contribution in [3.05, 3.63) is 45.3 Å². The highest BCUT2D eigenvalue weighted by Gasteiger charge is 2.21. The average Bonchev–Trinajstić information content (AvgIpc) is 2.37. The van der Waals surface area contributed by atoms with E-state index in [0.717, 1.165) is 22.2 Å². The van der Waals surface area contributed by atoms with Gasteiger partial charge in [-0.3, -0.25) is 4.72 Å². The third-order valence-corrected chi connectivity index (χ3v) is 5.28. The molecule has 0 amide bonds. The first-order valence-corrected chi connectivity index (χ1v) is 8.25. The minimum absolute atomic E-state index is 0.120. The maximum atomic E-state index is 13.2. The van der Waals surface area contributed by atoms with Gasteiger partial charge in [0.25, 0.3) is 10.0 Å². The van der Waals surface area contributed by atoms with Crippen LogP contribution in [0.2, 0.25) is 5.02 Å². The minimum atomic E-state index is -4.02. The smallest absolute Gasteiger partial charge is 0.264 e. The van der Waals surface area contributed by atoms with Crippen LogP contribution in [0.5, 0.6) is 0 Å². The van der Waals surface area contributed by atoms with Gasteiger partial charge in [0.15, 0.2) is 0 Å². The maximum absolute atomic E-state index is 13.2. The van der Waals surface area contributed by atoms with Crippen LogP contribution in [0.4, 0.5) is 15.9 Å². The molecule has 5 nitrogen and oxygen atoms in total. The van der Waals surface area contributed by atoms with E-state index in [1.54, 1.807) is 13.0 Å².